The highest BCUT2D eigenvalue weighted by Gasteiger charge is 2.28. The van der Waals surface area contributed by atoms with Crippen molar-refractivity contribution in [1.29, 1.82) is 0 Å². The van der Waals surface area contributed by atoms with Crippen molar-refractivity contribution in [2.75, 3.05) is 4.72 Å². The SMILES string of the molecule is CC(C)(c1ccc(S(=O)(=O)Nc2cc(Cl)cnc2C(=O)c2cccc(F)c2)cc1)c1ncco1. The molecule has 10 heteroatoms. The van der Waals surface area contributed by atoms with E-state index in [1.807, 2.05) is 13.8 Å². The van der Waals surface area contributed by atoms with Crippen LogP contribution >= 0.6 is 11.6 Å². The zero-order valence-corrected chi connectivity index (χ0v) is 19.7. The molecule has 174 valence electrons. The Morgan fingerprint density at radius 2 is 1.82 bits per heavy atom. The molecule has 2 heterocycles. The van der Waals surface area contributed by atoms with Gasteiger partial charge in [0.05, 0.1) is 27.2 Å². The predicted molar refractivity (Wildman–Crippen MR) is 125 cm³/mol. The summed E-state index contributed by atoms with van der Waals surface area (Å²) in [5.41, 5.74) is -0.0967. The minimum Gasteiger partial charge on any atom is -0.448 e. The van der Waals surface area contributed by atoms with Crippen LogP contribution in [0.1, 0.15) is 41.4 Å². The van der Waals surface area contributed by atoms with Crippen molar-refractivity contribution in [2.24, 2.45) is 0 Å². The van der Waals surface area contributed by atoms with Gasteiger partial charge >= 0.3 is 0 Å². The van der Waals surface area contributed by atoms with Gasteiger partial charge in [0.1, 0.15) is 17.8 Å². The summed E-state index contributed by atoms with van der Waals surface area (Å²) in [7, 11) is -4.11. The van der Waals surface area contributed by atoms with Gasteiger partial charge in [-0.15, -0.1) is 0 Å². The fourth-order valence-corrected chi connectivity index (χ4v) is 4.59. The highest BCUT2D eigenvalue weighted by molar-refractivity contribution is 7.92. The van der Waals surface area contributed by atoms with E-state index in [4.69, 9.17) is 16.0 Å². The number of carbonyl (C=O) groups excluding carboxylic acids is 1. The lowest BCUT2D eigenvalue weighted by molar-refractivity contribution is 0.103. The van der Waals surface area contributed by atoms with Crippen LogP contribution in [-0.4, -0.2) is 24.2 Å². The lowest BCUT2D eigenvalue weighted by Gasteiger charge is -2.21. The summed E-state index contributed by atoms with van der Waals surface area (Å²) < 4.78 is 47.5. The van der Waals surface area contributed by atoms with Gasteiger partial charge in [0.2, 0.25) is 11.7 Å². The van der Waals surface area contributed by atoms with Crippen LogP contribution in [0.5, 0.6) is 0 Å². The zero-order valence-electron chi connectivity index (χ0n) is 18.1. The van der Waals surface area contributed by atoms with Crippen molar-refractivity contribution in [3.05, 3.63) is 107 Å². The van der Waals surface area contributed by atoms with Gasteiger partial charge in [0, 0.05) is 11.8 Å². The molecule has 0 radical (unpaired) electrons. The van der Waals surface area contributed by atoms with E-state index in [-0.39, 0.29) is 26.9 Å². The lowest BCUT2D eigenvalue weighted by Crippen LogP contribution is -2.20. The number of benzene rings is 2. The van der Waals surface area contributed by atoms with E-state index >= 15 is 0 Å². The lowest BCUT2D eigenvalue weighted by atomic mass is 9.84. The zero-order chi connectivity index (χ0) is 24.5. The molecule has 4 rings (SSSR count). The Morgan fingerprint density at radius 1 is 1.09 bits per heavy atom. The molecule has 0 spiro atoms. The Hall–Kier alpha value is -3.56. The Kier molecular flexibility index (Phi) is 6.24. The van der Waals surface area contributed by atoms with E-state index in [2.05, 4.69) is 14.7 Å². The minimum atomic E-state index is -4.11. The summed E-state index contributed by atoms with van der Waals surface area (Å²) in [5.74, 6) is -0.765. The summed E-state index contributed by atoms with van der Waals surface area (Å²) in [6.45, 7) is 3.81. The number of nitrogens with zero attached hydrogens (tertiary/aromatic N) is 2. The normalized spacial score (nSPS) is 11.9. The molecule has 0 aliphatic rings. The Morgan fingerprint density at radius 3 is 2.47 bits per heavy atom. The average Bonchev–Trinajstić information content (AvgIpc) is 3.35. The molecule has 1 N–H and O–H groups in total. The number of hydrogen-bond donors (Lipinski definition) is 1. The van der Waals surface area contributed by atoms with Crippen molar-refractivity contribution in [2.45, 2.75) is 24.2 Å². The molecule has 0 aliphatic carbocycles. The summed E-state index contributed by atoms with van der Waals surface area (Å²) in [6, 6.07) is 12.5. The monoisotopic (exact) mass is 499 g/mol. The molecule has 2 aromatic heterocycles. The number of halogens is 2. The number of oxazole rings is 1. The van der Waals surface area contributed by atoms with Gasteiger partial charge in [-0.3, -0.25) is 9.52 Å². The Balaban J connectivity index is 1.65. The van der Waals surface area contributed by atoms with E-state index < -0.39 is 27.0 Å². The molecular formula is C24H19ClFN3O4S. The topological polar surface area (TPSA) is 102 Å². The van der Waals surface area contributed by atoms with Crippen LogP contribution in [0.25, 0.3) is 0 Å². The first-order valence-electron chi connectivity index (χ1n) is 10.1. The Bertz CT molecular complexity index is 1450. The number of anilines is 1. The second kappa shape index (κ2) is 9.00. The maximum Gasteiger partial charge on any atom is 0.261 e. The fraction of sp³-hybridized carbons (Fsp3) is 0.125. The number of rotatable bonds is 7. The summed E-state index contributed by atoms with van der Waals surface area (Å²) in [6.07, 6.45) is 4.23. The molecule has 0 aliphatic heterocycles. The molecular weight excluding hydrogens is 481 g/mol. The molecule has 34 heavy (non-hydrogen) atoms. The van der Waals surface area contributed by atoms with Crippen LogP contribution < -0.4 is 4.72 Å². The van der Waals surface area contributed by atoms with Gasteiger partial charge in [-0.25, -0.2) is 22.8 Å². The van der Waals surface area contributed by atoms with Crippen LogP contribution in [0.15, 0.2) is 82.6 Å². The Labute approximate surface area is 200 Å². The van der Waals surface area contributed by atoms with Crippen molar-refractivity contribution < 1.29 is 22.0 Å². The first kappa shape index (κ1) is 23.6. The van der Waals surface area contributed by atoms with E-state index in [0.717, 1.165) is 11.6 Å². The third-order valence-electron chi connectivity index (χ3n) is 5.25. The number of sulfonamides is 1. The van der Waals surface area contributed by atoms with E-state index in [1.54, 1.807) is 18.3 Å². The second-order valence-electron chi connectivity index (χ2n) is 7.98. The number of nitrogens with one attached hydrogen (secondary N) is 1. The summed E-state index contributed by atoms with van der Waals surface area (Å²) >= 11 is 6.00. The number of carbonyl (C=O) groups is 1. The highest BCUT2D eigenvalue weighted by Crippen LogP contribution is 2.31. The summed E-state index contributed by atoms with van der Waals surface area (Å²) in [4.78, 5) is 21.0. The minimum absolute atomic E-state index is 0.0217. The molecule has 0 saturated carbocycles. The number of aromatic nitrogens is 2. The highest BCUT2D eigenvalue weighted by atomic mass is 35.5. The summed E-state index contributed by atoms with van der Waals surface area (Å²) in [5, 5.41) is 0.122. The van der Waals surface area contributed by atoms with Gasteiger partial charge < -0.3 is 4.42 Å². The standard InChI is InChI=1S/C24H19ClFN3O4S/c1-24(2,23-27-10-11-33-23)16-6-8-19(9-7-16)34(31,32)29-20-13-17(25)14-28-21(20)22(30)15-4-3-5-18(26)12-15/h3-14,29H,1-2H3. The third kappa shape index (κ3) is 4.71. The van der Waals surface area contributed by atoms with E-state index in [9.17, 15) is 17.6 Å². The van der Waals surface area contributed by atoms with Gasteiger partial charge in [0.15, 0.2) is 0 Å². The first-order valence-corrected chi connectivity index (χ1v) is 11.9. The smallest absolute Gasteiger partial charge is 0.261 e. The molecule has 0 atom stereocenters. The largest absolute Gasteiger partial charge is 0.448 e. The van der Waals surface area contributed by atoms with Gasteiger partial charge in [-0.1, -0.05) is 35.9 Å². The molecule has 0 unspecified atom stereocenters. The van der Waals surface area contributed by atoms with Crippen molar-refractivity contribution in [3.63, 3.8) is 0 Å². The van der Waals surface area contributed by atoms with Gasteiger partial charge in [0.25, 0.3) is 10.0 Å². The van der Waals surface area contributed by atoms with Crippen LogP contribution in [-0.2, 0) is 15.4 Å². The third-order valence-corrected chi connectivity index (χ3v) is 6.84. The second-order valence-corrected chi connectivity index (χ2v) is 10.1. The van der Waals surface area contributed by atoms with Crippen LogP contribution in [0.3, 0.4) is 0 Å². The number of hydrogen-bond acceptors (Lipinski definition) is 6. The molecule has 2 aromatic carbocycles. The van der Waals surface area contributed by atoms with Crippen molar-refractivity contribution in [3.8, 4) is 0 Å². The maximum absolute atomic E-state index is 13.6. The van der Waals surface area contributed by atoms with E-state index in [0.29, 0.717) is 5.89 Å². The number of pyridine rings is 1. The van der Waals surface area contributed by atoms with Crippen molar-refractivity contribution >= 4 is 33.1 Å². The first-order chi connectivity index (χ1) is 16.1. The average molecular weight is 500 g/mol. The van der Waals surface area contributed by atoms with Gasteiger partial charge in [-0.2, -0.15) is 0 Å². The molecule has 0 saturated heterocycles. The van der Waals surface area contributed by atoms with Gasteiger partial charge in [-0.05, 0) is 49.7 Å². The fourth-order valence-electron chi connectivity index (χ4n) is 3.37. The van der Waals surface area contributed by atoms with E-state index in [1.165, 1.54) is 48.9 Å². The van der Waals surface area contributed by atoms with Crippen LogP contribution in [0.4, 0.5) is 10.1 Å². The molecule has 0 bridgehead atoms. The predicted octanol–water partition coefficient (Wildman–Crippen LogP) is 5.22. The molecule has 4 aromatic rings. The number of ketones is 1. The van der Waals surface area contributed by atoms with Crippen LogP contribution in [0, 0.1) is 5.82 Å². The quantitative estimate of drug-likeness (QED) is 0.350. The molecule has 0 fully saturated rings. The van der Waals surface area contributed by atoms with Crippen molar-refractivity contribution in [1.82, 2.24) is 9.97 Å². The maximum atomic E-state index is 13.6. The molecule has 0 amide bonds. The van der Waals surface area contributed by atoms with Crippen LogP contribution in [0.2, 0.25) is 5.02 Å². The molecule has 7 nitrogen and oxygen atoms in total.